The number of carbonyl (C=O) groups excluding carboxylic acids is 1. The van der Waals surface area contributed by atoms with Crippen molar-refractivity contribution >= 4 is 49.7 Å². The SMILES string of the molecule is CC(=O)Cn1nc(C2CC2)c2c1CC1CC21.CCC(C)(C)OC(C)(C)CC.CCC(C)CC(C)Nc1c(-n2c(C(Cc3cc(F)cc(F)c3)C(C)C)nc3nc(C4CCC(F)(F)CC4)cc(C)c3c2=O)ccc(Cl)c1C(=N)C(C)S(C)(=O)=O. The standard InChI is InChI=1S/C42H52ClF4N5O3S.C13H16N2O.C10H22O/c1-9-23(4)16-25(6)49-38-34(11-10-32(43)36(38)37(48)26(7)56(8,54)55)52-40(31(22(2)3)20-27-18-29(44)21-30(45)19-27)51-39-35(41(52)53)24(5)17-33(50-39)28-12-14-42(46,47)15-13-28;1-7(16)6-15-11-5-9-4-10(9)12(11)13(14-15)8-2-3-8;1-7-9(3,4)11-10(5,6)8-2/h10-11,17-19,21-23,25-26,28,31,48-49H,9,12-16,20H2,1-8H3;8-10H,2-6H2,1H3;7-8H2,1-6H3. The molecule has 0 spiro atoms. The van der Waals surface area contributed by atoms with Gasteiger partial charge in [0.05, 0.1) is 50.9 Å². The van der Waals surface area contributed by atoms with E-state index in [4.69, 9.17) is 31.4 Å². The van der Waals surface area contributed by atoms with Crippen molar-refractivity contribution in [3.05, 3.63) is 109 Å². The lowest BCUT2D eigenvalue weighted by Gasteiger charge is -2.34. The Labute approximate surface area is 495 Å². The Morgan fingerprint density at radius 3 is 2.08 bits per heavy atom. The number of hydrogen-bond donors (Lipinski definition) is 2. The summed E-state index contributed by atoms with van der Waals surface area (Å²) in [4.78, 5) is 36.4. The van der Waals surface area contributed by atoms with Crippen LogP contribution in [0.2, 0.25) is 5.02 Å². The molecule has 9 rings (SSSR count). The first-order chi connectivity index (χ1) is 38.7. The molecule has 3 saturated carbocycles. The number of alkyl halides is 2. The minimum absolute atomic E-state index is 0.0273. The highest BCUT2D eigenvalue weighted by Gasteiger charge is 2.51. The topological polar surface area (TPSA) is 162 Å². The molecule has 0 bridgehead atoms. The summed E-state index contributed by atoms with van der Waals surface area (Å²) in [6.45, 7) is 28.1. The van der Waals surface area contributed by atoms with Gasteiger partial charge in [0.2, 0.25) is 5.92 Å². The van der Waals surface area contributed by atoms with E-state index in [1.165, 1.54) is 66.8 Å². The van der Waals surface area contributed by atoms with Crippen molar-refractivity contribution in [3.8, 4) is 5.69 Å². The Kier molecular flexibility index (Phi) is 20.5. The van der Waals surface area contributed by atoms with Crippen LogP contribution in [0.3, 0.4) is 0 Å². The number of nitrogens with zero attached hydrogens (tertiary/aromatic N) is 5. The maximum Gasteiger partial charge on any atom is 0.267 e. The first-order valence-electron chi connectivity index (χ1n) is 30.1. The summed E-state index contributed by atoms with van der Waals surface area (Å²) in [6.07, 6.45) is 9.93. The number of anilines is 1. The lowest BCUT2D eigenvalue weighted by atomic mass is 9.84. The van der Waals surface area contributed by atoms with Gasteiger partial charge in [0, 0.05) is 71.5 Å². The van der Waals surface area contributed by atoms with E-state index in [1.54, 1.807) is 31.5 Å². The summed E-state index contributed by atoms with van der Waals surface area (Å²) in [6, 6.07) is 7.93. The van der Waals surface area contributed by atoms with Gasteiger partial charge in [-0.3, -0.25) is 18.8 Å². The van der Waals surface area contributed by atoms with Crippen LogP contribution in [0.4, 0.5) is 23.2 Å². The molecule has 12 nitrogen and oxygen atoms in total. The summed E-state index contributed by atoms with van der Waals surface area (Å²) in [7, 11) is -3.75. The van der Waals surface area contributed by atoms with Gasteiger partial charge >= 0.3 is 0 Å². The Morgan fingerprint density at radius 2 is 1.54 bits per heavy atom. The summed E-state index contributed by atoms with van der Waals surface area (Å²) in [5, 5.41) is 16.4. The number of benzene rings is 2. The fraction of sp³-hybridized carbons (Fsp3) is 0.631. The molecule has 0 radical (unpaired) electrons. The van der Waals surface area contributed by atoms with Gasteiger partial charge in [-0.2, -0.15) is 5.10 Å². The molecule has 3 heterocycles. The van der Waals surface area contributed by atoms with E-state index >= 15 is 4.79 Å². The second-order valence-corrected chi connectivity index (χ2v) is 28.9. The number of rotatable bonds is 21. The van der Waals surface area contributed by atoms with Crippen molar-refractivity contribution in [2.24, 2.45) is 17.8 Å². The van der Waals surface area contributed by atoms with Gasteiger partial charge in [-0.25, -0.2) is 35.9 Å². The van der Waals surface area contributed by atoms with Gasteiger partial charge in [0.15, 0.2) is 21.3 Å². The maximum absolute atomic E-state index is 15.2. The fourth-order valence-corrected chi connectivity index (χ4v) is 12.6. The van der Waals surface area contributed by atoms with Crippen LogP contribution in [0, 0.1) is 41.7 Å². The van der Waals surface area contributed by atoms with Crippen molar-refractivity contribution < 1.29 is 35.5 Å². The number of ether oxygens (including phenoxy) is 1. The summed E-state index contributed by atoms with van der Waals surface area (Å²) in [5.41, 5.74) is 5.76. The van der Waals surface area contributed by atoms with Crippen LogP contribution in [-0.4, -0.2) is 78.9 Å². The molecule has 3 fully saturated rings. The highest BCUT2D eigenvalue weighted by Crippen LogP contribution is 2.60. The molecule has 0 aliphatic heterocycles. The first-order valence-corrected chi connectivity index (χ1v) is 32.4. The van der Waals surface area contributed by atoms with Crippen LogP contribution in [0.25, 0.3) is 16.7 Å². The fourth-order valence-electron chi connectivity index (χ4n) is 11.8. The van der Waals surface area contributed by atoms with E-state index in [-0.39, 0.29) is 111 Å². The Hall–Kier alpha value is -5.00. The molecule has 456 valence electrons. The van der Waals surface area contributed by atoms with Crippen LogP contribution < -0.4 is 10.9 Å². The number of aryl methyl sites for hydroxylation is 1. The highest BCUT2D eigenvalue weighted by atomic mass is 35.5. The van der Waals surface area contributed by atoms with E-state index < -0.39 is 44.1 Å². The van der Waals surface area contributed by atoms with E-state index in [0.717, 1.165) is 49.3 Å². The predicted octanol–water partition coefficient (Wildman–Crippen LogP) is 15.7. The minimum atomic E-state index is -3.75. The van der Waals surface area contributed by atoms with Crippen LogP contribution in [0.5, 0.6) is 0 Å². The molecular formula is C65H90ClF4N7O5S. The third-order valence-corrected chi connectivity index (χ3v) is 19.6. The van der Waals surface area contributed by atoms with Gasteiger partial charge in [0.25, 0.3) is 5.56 Å². The summed E-state index contributed by atoms with van der Waals surface area (Å²) in [5.74, 6) is -2.24. The number of carbonyl (C=O) groups is 1. The summed E-state index contributed by atoms with van der Waals surface area (Å²) < 4.78 is 92.4. The van der Waals surface area contributed by atoms with Gasteiger partial charge in [-0.05, 0) is 185 Å². The predicted molar refractivity (Wildman–Crippen MR) is 326 cm³/mol. The number of nitrogens with one attached hydrogen (secondary N) is 2. The second kappa shape index (κ2) is 25.9. The van der Waals surface area contributed by atoms with Crippen molar-refractivity contribution in [2.75, 3.05) is 11.6 Å². The normalized spacial score (nSPS) is 19.2. The first kappa shape index (κ1) is 65.5. The monoisotopic (exact) mass is 1190 g/mol. The number of fused-ring (bicyclic) bond motifs is 4. The van der Waals surface area contributed by atoms with Crippen LogP contribution >= 0.6 is 11.6 Å². The highest BCUT2D eigenvalue weighted by molar-refractivity contribution is 7.92. The number of aromatic nitrogens is 5. The largest absolute Gasteiger partial charge is 0.380 e. The molecule has 0 amide bonds. The lowest BCUT2D eigenvalue weighted by molar-refractivity contribution is -0.125. The zero-order valence-electron chi connectivity index (χ0n) is 51.6. The molecule has 4 aliphatic carbocycles. The quantitative estimate of drug-likeness (QED) is 0.0538. The van der Waals surface area contributed by atoms with Gasteiger partial charge in [-0.15, -0.1) is 0 Å². The van der Waals surface area contributed by atoms with Gasteiger partial charge in [-0.1, -0.05) is 59.6 Å². The van der Waals surface area contributed by atoms with Crippen molar-refractivity contribution in [1.29, 1.82) is 5.41 Å². The number of ketones is 1. The second-order valence-electron chi connectivity index (χ2n) is 26.1. The average molecular weight is 1190 g/mol. The smallest absolute Gasteiger partial charge is 0.267 e. The Morgan fingerprint density at radius 1 is 0.928 bits per heavy atom. The Bertz CT molecular complexity index is 3330. The molecule has 3 aromatic heterocycles. The van der Waals surface area contributed by atoms with E-state index in [0.29, 0.717) is 35.7 Å². The number of pyridine rings is 1. The molecule has 4 aliphatic rings. The number of halogens is 5. The van der Waals surface area contributed by atoms with E-state index in [1.807, 2.05) is 25.5 Å². The van der Waals surface area contributed by atoms with Crippen LogP contribution in [-0.2, 0) is 38.8 Å². The third-order valence-electron chi connectivity index (χ3n) is 17.7. The number of Topliss-reactive ketones (excluding diaryl/α,β-unsaturated/α-hetero) is 1. The lowest BCUT2D eigenvalue weighted by Crippen LogP contribution is -2.35. The average Bonchev–Trinajstić information content (AvgIpc) is 1.77. The molecule has 18 heteroatoms. The molecule has 6 unspecified atom stereocenters. The zero-order valence-corrected chi connectivity index (χ0v) is 53.2. The zero-order chi connectivity index (χ0) is 61.4. The van der Waals surface area contributed by atoms with Crippen LogP contribution in [0.1, 0.15) is 229 Å². The van der Waals surface area contributed by atoms with Crippen molar-refractivity contribution in [2.45, 2.75) is 239 Å². The van der Waals surface area contributed by atoms with E-state index in [9.17, 15) is 36.2 Å². The number of hydrogen-bond acceptors (Lipinski definition) is 10. The third kappa shape index (κ3) is 15.9. The minimum Gasteiger partial charge on any atom is -0.380 e. The molecule has 6 atom stereocenters. The van der Waals surface area contributed by atoms with Gasteiger partial charge in [0.1, 0.15) is 22.7 Å². The maximum atomic E-state index is 15.2. The summed E-state index contributed by atoms with van der Waals surface area (Å²) >= 11 is 6.85. The molecule has 2 N–H and O–H groups in total. The molecular weight excluding hydrogens is 1100 g/mol. The Balaban J connectivity index is 0.000000294. The van der Waals surface area contributed by atoms with Crippen LogP contribution in [0.15, 0.2) is 41.2 Å². The molecule has 83 heavy (non-hydrogen) atoms. The molecule has 5 aromatic rings. The van der Waals surface area contributed by atoms with Crippen molar-refractivity contribution in [1.82, 2.24) is 24.3 Å². The molecule has 2 aromatic carbocycles. The van der Waals surface area contributed by atoms with E-state index in [2.05, 4.69) is 60.7 Å². The van der Waals surface area contributed by atoms with Gasteiger partial charge < -0.3 is 15.5 Å². The molecule has 0 saturated heterocycles. The van der Waals surface area contributed by atoms with Crippen molar-refractivity contribution in [3.63, 3.8) is 0 Å². The number of sulfone groups is 1.